The Balaban J connectivity index is 2.20. The molecule has 12 heavy (non-hydrogen) atoms. The first-order valence-electron chi connectivity index (χ1n) is 5.12. The van der Waals surface area contributed by atoms with Crippen LogP contribution in [-0.2, 0) is 0 Å². The Morgan fingerprint density at radius 1 is 1.25 bits per heavy atom. The zero-order chi connectivity index (χ0) is 8.97. The van der Waals surface area contributed by atoms with E-state index >= 15 is 0 Å². The molecule has 72 valence electrons. The van der Waals surface area contributed by atoms with Gasteiger partial charge in [-0.25, -0.2) is 0 Å². The molecule has 1 rings (SSSR count). The number of hydrogen-bond acceptors (Lipinski definition) is 2. The van der Waals surface area contributed by atoms with Gasteiger partial charge in [-0.1, -0.05) is 32.1 Å². The lowest BCUT2D eigenvalue weighted by atomic mass is 9.86. The fourth-order valence-corrected chi connectivity index (χ4v) is 1.98. The minimum atomic E-state index is 0.271. The Morgan fingerprint density at radius 2 is 1.83 bits per heavy atom. The average Bonchev–Trinajstić information content (AvgIpc) is 2.06. The molecule has 1 atom stereocenters. The van der Waals surface area contributed by atoms with Crippen molar-refractivity contribution >= 4 is 0 Å². The predicted octanol–water partition coefficient (Wildman–Crippen LogP) is 1.80. The average molecular weight is 170 g/mol. The molecule has 0 aliphatic heterocycles. The molecule has 2 N–H and O–H groups in total. The summed E-state index contributed by atoms with van der Waals surface area (Å²) in [5.41, 5.74) is 5.97. The van der Waals surface area contributed by atoms with Crippen molar-refractivity contribution in [3.63, 3.8) is 0 Å². The van der Waals surface area contributed by atoms with E-state index in [2.05, 4.69) is 19.0 Å². The van der Waals surface area contributed by atoms with Gasteiger partial charge >= 0.3 is 0 Å². The highest BCUT2D eigenvalue weighted by molar-refractivity contribution is 4.70. The molecule has 2 heteroatoms. The summed E-state index contributed by atoms with van der Waals surface area (Å²) in [6.45, 7) is 0. The predicted molar refractivity (Wildman–Crippen MR) is 52.9 cm³/mol. The van der Waals surface area contributed by atoms with Gasteiger partial charge in [0.05, 0.1) is 6.17 Å². The Kier molecular flexibility index (Phi) is 4.02. The van der Waals surface area contributed by atoms with Crippen molar-refractivity contribution in [2.45, 2.75) is 44.7 Å². The molecule has 0 heterocycles. The summed E-state index contributed by atoms with van der Waals surface area (Å²) in [7, 11) is 4.13. The van der Waals surface area contributed by atoms with Crippen LogP contribution in [0.3, 0.4) is 0 Å². The van der Waals surface area contributed by atoms with Crippen LogP contribution in [0.4, 0.5) is 0 Å². The van der Waals surface area contributed by atoms with Crippen LogP contribution in [0.5, 0.6) is 0 Å². The van der Waals surface area contributed by atoms with Crippen LogP contribution in [0, 0.1) is 5.92 Å². The summed E-state index contributed by atoms with van der Waals surface area (Å²) < 4.78 is 0. The third-order valence-electron chi connectivity index (χ3n) is 2.96. The first-order valence-corrected chi connectivity index (χ1v) is 5.12. The molecule has 0 aromatic carbocycles. The summed E-state index contributed by atoms with van der Waals surface area (Å²) in [6, 6.07) is 0. The number of nitrogens with zero attached hydrogens (tertiary/aromatic N) is 1. The molecular weight excluding hydrogens is 148 g/mol. The van der Waals surface area contributed by atoms with E-state index in [4.69, 9.17) is 5.73 Å². The largest absolute Gasteiger partial charge is 0.316 e. The lowest BCUT2D eigenvalue weighted by Crippen LogP contribution is -2.38. The van der Waals surface area contributed by atoms with Crippen molar-refractivity contribution in [2.24, 2.45) is 11.7 Å². The molecule has 0 bridgehead atoms. The molecule has 0 amide bonds. The van der Waals surface area contributed by atoms with Crippen molar-refractivity contribution in [3.8, 4) is 0 Å². The van der Waals surface area contributed by atoms with Gasteiger partial charge in [-0.2, -0.15) is 0 Å². The van der Waals surface area contributed by atoms with Gasteiger partial charge in [-0.05, 0) is 26.4 Å². The van der Waals surface area contributed by atoms with Gasteiger partial charge in [-0.3, -0.25) is 4.90 Å². The Hall–Kier alpha value is -0.0800. The summed E-state index contributed by atoms with van der Waals surface area (Å²) in [5, 5.41) is 0. The van der Waals surface area contributed by atoms with E-state index in [0.29, 0.717) is 0 Å². The molecule has 0 radical (unpaired) electrons. The maximum atomic E-state index is 5.97. The molecule has 0 aromatic rings. The molecular formula is C10H22N2. The van der Waals surface area contributed by atoms with E-state index in [9.17, 15) is 0 Å². The monoisotopic (exact) mass is 170 g/mol. The minimum Gasteiger partial charge on any atom is -0.316 e. The maximum absolute atomic E-state index is 5.97. The van der Waals surface area contributed by atoms with Gasteiger partial charge in [-0.15, -0.1) is 0 Å². The quantitative estimate of drug-likeness (QED) is 0.654. The van der Waals surface area contributed by atoms with Crippen LogP contribution in [0.15, 0.2) is 0 Å². The number of nitrogens with two attached hydrogens (primary N) is 1. The summed E-state index contributed by atoms with van der Waals surface area (Å²) >= 11 is 0. The molecule has 1 aliphatic rings. The highest BCUT2D eigenvalue weighted by Gasteiger charge is 2.17. The van der Waals surface area contributed by atoms with Crippen molar-refractivity contribution in [1.82, 2.24) is 4.90 Å². The standard InChI is InChI=1S/C10H22N2/c1-12(2)10(11)8-9-6-4-3-5-7-9/h9-10H,3-8,11H2,1-2H3. The molecule has 1 unspecified atom stereocenters. The van der Waals surface area contributed by atoms with Crippen LogP contribution < -0.4 is 5.73 Å². The van der Waals surface area contributed by atoms with Crippen molar-refractivity contribution in [1.29, 1.82) is 0 Å². The maximum Gasteiger partial charge on any atom is 0.0569 e. The van der Waals surface area contributed by atoms with Gasteiger partial charge in [0, 0.05) is 0 Å². The molecule has 2 nitrogen and oxygen atoms in total. The second-order valence-electron chi connectivity index (χ2n) is 4.27. The Labute approximate surface area is 76.1 Å². The number of rotatable bonds is 3. The van der Waals surface area contributed by atoms with Crippen molar-refractivity contribution in [3.05, 3.63) is 0 Å². The molecule has 0 spiro atoms. The summed E-state index contributed by atoms with van der Waals surface area (Å²) in [5.74, 6) is 0.899. The summed E-state index contributed by atoms with van der Waals surface area (Å²) in [6.07, 6.45) is 8.55. The van der Waals surface area contributed by atoms with E-state index in [0.717, 1.165) is 5.92 Å². The first kappa shape index (κ1) is 10.0. The van der Waals surface area contributed by atoms with Crippen molar-refractivity contribution < 1.29 is 0 Å². The van der Waals surface area contributed by atoms with Crippen LogP contribution >= 0.6 is 0 Å². The van der Waals surface area contributed by atoms with Crippen molar-refractivity contribution in [2.75, 3.05) is 14.1 Å². The zero-order valence-electron chi connectivity index (χ0n) is 8.42. The third-order valence-corrected chi connectivity index (χ3v) is 2.96. The van der Waals surface area contributed by atoms with Gasteiger partial charge in [0.2, 0.25) is 0 Å². The SMILES string of the molecule is CN(C)C(N)CC1CCCCC1. The van der Waals surface area contributed by atoms with E-state index in [1.54, 1.807) is 0 Å². The molecule has 1 saturated carbocycles. The molecule has 1 fully saturated rings. The second-order valence-corrected chi connectivity index (χ2v) is 4.27. The fourth-order valence-electron chi connectivity index (χ4n) is 1.98. The van der Waals surface area contributed by atoms with Gasteiger partial charge < -0.3 is 5.73 Å². The van der Waals surface area contributed by atoms with E-state index < -0.39 is 0 Å². The van der Waals surface area contributed by atoms with E-state index in [1.807, 2.05) is 0 Å². The van der Waals surface area contributed by atoms with Crippen LogP contribution in [0.2, 0.25) is 0 Å². The summed E-state index contributed by atoms with van der Waals surface area (Å²) in [4.78, 5) is 2.12. The van der Waals surface area contributed by atoms with Gasteiger partial charge in [0.25, 0.3) is 0 Å². The Morgan fingerprint density at radius 3 is 2.33 bits per heavy atom. The number of hydrogen-bond donors (Lipinski definition) is 1. The molecule has 0 aromatic heterocycles. The highest BCUT2D eigenvalue weighted by Crippen LogP contribution is 2.27. The highest BCUT2D eigenvalue weighted by atomic mass is 15.2. The Bertz CT molecular complexity index is 117. The lowest BCUT2D eigenvalue weighted by Gasteiger charge is -2.27. The fraction of sp³-hybridized carbons (Fsp3) is 1.00. The normalized spacial score (nSPS) is 23.0. The zero-order valence-corrected chi connectivity index (χ0v) is 8.42. The smallest absolute Gasteiger partial charge is 0.0569 e. The van der Waals surface area contributed by atoms with E-state index in [1.165, 1.54) is 38.5 Å². The lowest BCUT2D eigenvalue weighted by molar-refractivity contribution is 0.220. The van der Waals surface area contributed by atoms with Gasteiger partial charge in [0.1, 0.15) is 0 Å². The minimum absolute atomic E-state index is 0.271. The van der Waals surface area contributed by atoms with Gasteiger partial charge in [0.15, 0.2) is 0 Å². The second kappa shape index (κ2) is 4.83. The molecule has 1 aliphatic carbocycles. The van der Waals surface area contributed by atoms with Crippen LogP contribution in [0.1, 0.15) is 38.5 Å². The third kappa shape index (κ3) is 3.11. The van der Waals surface area contributed by atoms with E-state index in [-0.39, 0.29) is 6.17 Å². The molecule has 0 saturated heterocycles. The van der Waals surface area contributed by atoms with Crippen LogP contribution in [-0.4, -0.2) is 25.2 Å². The first-order chi connectivity index (χ1) is 5.70. The van der Waals surface area contributed by atoms with Crippen LogP contribution in [0.25, 0.3) is 0 Å². The topological polar surface area (TPSA) is 29.3 Å².